The lowest BCUT2D eigenvalue weighted by Gasteiger charge is -2.25. The van der Waals surface area contributed by atoms with Crippen LogP contribution in [0.15, 0.2) is 55.1 Å². The topological polar surface area (TPSA) is 88.8 Å². The molecule has 1 aliphatic heterocycles. The van der Waals surface area contributed by atoms with Crippen molar-refractivity contribution in [2.24, 2.45) is 0 Å². The van der Waals surface area contributed by atoms with Gasteiger partial charge in [-0.05, 0) is 44.0 Å². The fourth-order valence-electron chi connectivity index (χ4n) is 4.68. The van der Waals surface area contributed by atoms with Gasteiger partial charge in [0.15, 0.2) is 0 Å². The van der Waals surface area contributed by atoms with Gasteiger partial charge in [0.05, 0.1) is 17.3 Å². The van der Waals surface area contributed by atoms with E-state index < -0.39 is 0 Å². The van der Waals surface area contributed by atoms with E-state index in [4.69, 9.17) is 4.98 Å². The number of carbonyl (C=O) groups excluding carboxylic acids is 1. The standard InChI is InChI=1S/C26H29N7O/c1-3-23-27-13-15-33(23)24-8-4-6-21(31-24)22-7-5-14-32(22)25(34)11-12-28-26-19-16-18(2)9-10-20(19)29-17-30-26/h4,6,8-10,13,15-17,22H,3,5,7,11-12,14H2,1-2H3,(H,28,29,30)/t22-/m0/s1. The molecule has 8 nitrogen and oxygen atoms in total. The Kier molecular flexibility index (Phi) is 6.20. The van der Waals surface area contributed by atoms with Crippen molar-refractivity contribution >= 4 is 22.6 Å². The number of carbonyl (C=O) groups is 1. The summed E-state index contributed by atoms with van der Waals surface area (Å²) >= 11 is 0. The molecule has 8 heteroatoms. The summed E-state index contributed by atoms with van der Waals surface area (Å²) in [4.78, 5) is 33.2. The summed E-state index contributed by atoms with van der Waals surface area (Å²) in [5.41, 5.74) is 2.98. The Hall–Kier alpha value is -3.81. The highest BCUT2D eigenvalue weighted by Crippen LogP contribution is 2.32. The van der Waals surface area contributed by atoms with Gasteiger partial charge in [-0.15, -0.1) is 0 Å². The van der Waals surface area contributed by atoms with Crippen molar-refractivity contribution in [1.82, 2.24) is 29.4 Å². The molecule has 34 heavy (non-hydrogen) atoms. The van der Waals surface area contributed by atoms with Gasteiger partial charge in [-0.25, -0.2) is 19.9 Å². The molecule has 1 fully saturated rings. The minimum Gasteiger partial charge on any atom is -0.369 e. The number of fused-ring (bicyclic) bond motifs is 1. The summed E-state index contributed by atoms with van der Waals surface area (Å²) in [7, 11) is 0. The van der Waals surface area contributed by atoms with Gasteiger partial charge in [0.1, 0.15) is 23.8 Å². The van der Waals surface area contributed by atoms with Gasteiger partial charge < -0.3 is 10.2 Å². The third kappa shape index (κ3) is 4.35. The summed E-state index contributed by atoms with van der Waals surface area (Å²) in [6.45, 7) is 5.41. The maximum Gasteiger partial charge on any atom is 0.224 e. The van der Waals surface area contributed by atoms with Crippen molar-refractivity contribution in [3.63, 3.8) is 0 Å². The van der Waals surface area contributed by atoms with Crippen molar-refractivity contribution in [3.05, 3.63) is 72.2 Å². The zero-order valence-corrected chi connectivity index (χ0v) is 19.6. The molecular formula is C26H29N7O. The molecule has 1 amide bonds. The molecule has 3 aromatic heterocycles. The number of likely N-dealkylation sites (tertiary alicyclic amines) is 1. The van der Waals surface area contributed by atoms with Gasteiger partial charge in [0.2, 0.25) is 5.91 Å². The number of hydrogen-bond donors (Lipinski definition) is 1. The number of nitrogens with zero attached hydrogens (tertiary/aromatic N) is 6. The van der Waals surface area contributed by atoms with E-state index in [1.807, 2.05) is 52.9 Å². The highest BCUT2D eigenvalue weighted by molar-refractivity contribution is 5.89. The Morgan fingerprint density at radius 2 is 2.09 bits per heavy atom. The van der Waals surface area contributed by atoms with Gasteiger partial charge in [-0.3, -0.25) is 9.36 Å². The lowest BCUT2D eigenvalue weighted by Crippen LogP contribution is -2.32. The molecule has 1 N–H and O–H groups in total. The number of benzene rings is 1. The van der Waals surface area contributed by atoms with E-state index in [-0.39, 0.29) is 11.9 Å². The summed E-state index contributed by atoms with van der Waals surface area (Å²) < 4.78 is 2.02. The predicted octanol–water partition coefficient (Wildman–Crippen LogP) is 4.25. The van der Waals surface area contributed by atoms with Gasteiger partial charge in [-0.1, -0.05) is 24.6 Å². The first kappa shape index (κ1) is 22.0. The maximum absolute atomic E-state index is 13.2. The van der Waals surface area contributed by atoms with Gasteiger partial charge >= 0.3 is 0 Å². The van der Waals surface area contributed by atoms with Crippen LogP contribution in [0, 0.1) is 6.92 Å². The molecule has 174 valence electrons. The molecule has 0 bridgehead atoms. The molecule has 4 heterocycles. The molecule has 1 atom stereocenters. The van der Waals surface area contributed by atoms with Gasteiger partial charge in [-0.2, -0.15) is 0 Å². The molecule has 1 saturated heterocycles. The minimum absolute atomic E-state index is 0.00331. The van der Waals surface area contributed by atoms with Crippen LogP contribution in [0.2, 0.25) is 0 Å². The van der Waals surface area contributed by atoms with Crippen LogP contribution in [0.25, 0.3) is 16.7 Å². The third-order valence-corrected chi connectivity index (χ3v) is 6.37. The Labute approximate surface area is 199 Å². The Balaban J connectivity index is 1.27. The number of hydrogen-bond acceptors (Lipinski definition) is 6. The van der Waals surface area contributed by atoms with Crippen LogP contribution in [0.4, 0.5) is 5.82 Å². The van der Waals surface area contributed by atoms with Crippen LogP contribution in [0.3, 0.4) is 0 Å². The molecule has 0 aliphatic carbocycles. The molecule has 0 saturated carbocycles. The monoisotopic (exact) mass is 455 g/mol. The molecular weight excluding hydrogens is 426 g/mol. The molecule has 1 aromatic carbocycles. The number of imidazole rings is 1. The summed E-state index contributed by atoms with van der Waals surface area (Å²) in [5.74, 6) is 2.72. The number of rotatable bonds is 7. The Bertz CT molecular complexity index is 1320. The van der Waals surface area contributed by atoms with E-state index in [1.165, 1.54) is 0 Å². The summed E-state index contributed by atoms with van der Waals surface area (Å²) in [5, 5.41) is 4.31. The second kappa shape index (κ2) is 9.59. The summed E-state index contributed by atoms with van der Waals surface area (Å²) in [6, 6.07) is 12.1. The minimum atomic E-state index is 0.00331. The fourth-order valence-corrected chi connectivity index (χ4v) is 4.68. The van der Waals surface area contributed by atoms with Crippen molar-refractivity contribution in [2.45, 2.75) is 45.6 Å². The van der Waals surface area contributed by atoms with Crippen molar-refractivity contribution in [2.75, 3.05) is 18.4 Å². The van der Waals surface area contributed by atoms with Gasteiger partial charge in [0.25, 0.3) is 0 Å². The first-order valence-electron chi connectivity index (χ1n) is 11.9. The number of aromatic nitrogens is 5. The number of pyridine rings is 1. The Morgan fingerprint density at radius 1 is 1.18 bits per heavy atom. The highest BCUT2D eigenvalue weighted by atomic mass is 16.2. The SMILES string of the molecule is CCc1nccn1-c1cccc([C@@H]2CCCN2C(=O)CCNc2ncnc3ccc(C)cc23)n1. The van der Waals surface area contributed by atoms with E-state index in [0.29, 0.717) is 13.0 Å². The van der Waals surface area contributed by atoms with Crippen LogP contribution in [-0.2, 0) is 11.2 Å². The number of amides is 1. The molecule has 0 unspecified atom stereocenters. The van der Waals surface area contributed by atoms with Crippen molar-refractivity contribution in [1.29, 1.82) is 0 Å². The zero-order valence-electron chi connectivity index (χ0n) is 19.6. The maximum atomic E-state index is 13.2. The largest absolute Gasteiger partial charge is 0.369 e. The molecule has 4 aromatic rings. The van der Waals surface area contributed by atoms with Crippen LogP contribution in [0.1, 0.15) is 49.3 Å². The van der Waals surface area contributed by atoms with Crippen molar-refractivity contribution < 1.29 is 4.79 Å². The number of anilines is 1. The number of aryl methyl sites for hydroxylation is 2. The molecule has 0 radical (unpaired) electrons. The normalized spacial score (nSPS) is 15.7. The number of nitrogens with one attached hydrogen (secondary N) is 1. The molecule has 0 spiro atoms. The lowest BCUT2D eigenvalue weighted by molar-refractivity contribution is -0.131. The lowest BCUT2D eigenvalue weighted by atomic mass is 10.1. The smallest absolute Gasteiger partial charge is 0.224 e. The van der Waals surface area contributed by atoms with E-state index in [0.717, 1.165) is 65.4 Å². The average molecular weight is 456 g/mol. The molecule has 1 aliphatic rings. The van der Waals surface area contributed by atoms with Crippen molar-refractivity contribution in [3.8, 4) is 5.82 Å². The van der Waals surface area contributed by atoms with Crippen LogP contribution in [-0.4, -0.2) is 48.4 Å². The second-order valence-electron chi connectivity index (χ2n) is 8.65. The Morgan fingerprint density at radius 3 is 2.97 bits per heavy atom. The van der Waals surface area contributed by atoms with E-state index in [2.05, 4.69) is 33.3 Å². The van der Waals surface area contributed by atoms with E-state index in [1.54, 1.807) is 12.5 Å². The van der Waals surface area contributed by atoms with Crippen LogP contribution >= 0.6 is 0 Å². The zero-order chi connectivity index (χ0) is 23.5. The average Bonchev–Trinajstić information content (AvgIpc) is 3.54. The molecule has 5 rings (SSSR count). The van der Waals surface area contributed by atoms with Gasteiger partial charge in [0, 0.05) is 43.7 Å². The predicted molar refractivity (Wildman–Crippen MR) is 132 cm³/mol. The first-order chi connectivity index (χ1) is 16.6. The van der Waals surface area contributed by atoms with E-state index >= 15 is 0 Å². The second-order valence-corrected chi connectivity index (χ2v) is 8.65. The van der Waals surface area contributed by atoms with Crippen LogP contribution < -0.4 is 5.32 Å². The van der Waals surface area contributed by atoms with E-state index in [9.17, 15) is 4.79 Å². The fraction of sp³-hybridized carbons (Fsp3) is 0.346. The highest BCUT2D eigenvalue weighted by Gasteiger charge is 2.30. The summed E-state index contributed by atoms with van der Waals surface area (Å²) in [6.07, 6.45) is 8.44. The first-order valence-corrected chi connectivity index (χ1v) is 11.9. The third-order valence-electron chi connectivity index (χ3n) is 6.37. The van der Waals surface area contributed by atoms with Crippen LogP contribution in [0.5, 0.6) is 0 Å². The quantitative estimate of drug-likeness (QED) is 0.448.